The number of nitrogens with zero attached hydrogens (tertiary/aromatic N) is 4. The third-order valence-corrected chi connectivity index (χ3v) is 6.75. The molecule has 0 amide bonds. The predicted octanol–water partition coefficient (Wildman–Crippen LogP) is 4.04. The Kier molecular flexibility index (Phi) is 6.40. The molecule has 0 spiro atoms. The summed E-state index contributed by atoms with van der Waals surface area (Å²) < 4.78 is 12.0. The van der Waals surface area contributed by atoms with Gasteiger partial charge in [0, 0.05) is 47.8 Å². The lowest BCUT2D eigenvalue weighted by Crippen LogP contribution is -2.36. The topological polar surface area (TPSA) is 100 Å². The van der Waals surface area contributed by atoms with Gasteiger partial charge < -0.3 is 25.0 Å². The first-order valence-corrected chi connectivity index (χ1v) is 12.6. The van der Waals surface area contributed by atoms with Crippen molar-refractivity contribution in [2.45, 2.75) is 25.9 Å². The normalized spacial score (nSPS) is 16.9. The summed E-state index contributed by atoms with van der Waals surface area (Å²) >= 11 is 0. The number of hydrogen-bond donors (Lipinski definition) is 3. The third-order valence-electron chi connectivity index (χ3n) is 6.75. The lowest BCUT2D eigenvalue weighted by Gasteiger charge is -2.29. The lowest BCUT2D eigenvalue weighted by atomic mass is 10.1. The van der Waals surface area contributed by atoms with Crippen LogP contribution in [-0.4, -0.2) is 65.7 Å². The Morgan fingerprint density at radius 1 is 1.03 bits per heavy atom. The quantitative estimate of drug-likeness (QED) is 0.376. The van der Waals surface area contributed by atoms with Crippen molar-refractivity contribution in [1.29, 1.82) is 0 Å². The third kappa shape index (κ3) is 4.98. The van der Waals surface area contributed by atoms with E-state index < -0.39 is 0 Å². The number of benzene rings is 2. The maximum absolute atomic E-state index is 6.52. The highest BCUT2D eigenvalue weighted by molar-refractivity contribution is 5.90. The fourth-order valence-electron chi connectivity index (χ4n) is 4.90. The highest BCUT2D eigenvalue weighted by Gasteiger charge is 2.19. The van der Waals surface area contributed by atoms with Crippen molar-refractivity contribution < 1.29 is 9.47 Å². The lowest BCUT2D eigenvalue weighted by molar-refractivity contribution is 0.122. The molecule has 4 aromatic rings. The molecule has 2 saturated heterocycles. The number of morpholine rings is 1. The van der Waals surface area contributed by atoms with E-state index >= 15 is 0 Å². The number of nitrogens with one attached hydrogen (secondary N) is 3. The number of fused-ring (bicyclic) bond motifs is 1. The Hall–Kier alpha value is -3.69. The number of anilines is 3. The molecule has 0 aliphatic carbocycles. The molecule has 0 radical (unpaired) electrons. The van der Waals surface area contributed by atoms with Crippen LogP contribution in [-0.2, 0) is 4.74 Å². The van der Waals surface area contributed by atoms with Gasteiger partial charge in [0.25, 0.3) is 0 Å². The number of ether oxygens (including phenoxy) is 2. The van der Waals surface area contributed by atoms with Crippen LogP contribution in [0.1, 0.15) is 18.4 Å². The number of aryl methyl sites for hydroxylation is 1. The molecule has 2 aliphatic heterocycles. The molecule has 2 fully saturated rings. The highest BCUT2D eigenvalue weighted by Crippen LogP contribution is 2.33. The molecule has 3 N–H and O–H groups in total. The second-order valence-corrected chi connectivity index (χ2v) is 9.44. The zero-order valence-electron chi connectivity index (χ0n) is 20.5. The summed E-state index contributed by atoms with van der Waals surface area (Å²) in [5, 5.41) is 14.8. The summed E-state index contributed by atoms with van der Waals surface area (Å²) in [6, 6.07) is 10.6. The zero-order chi connectivity index (χ0) is 24.3. The van der Waals surface area contributed by atoms with E-state index in [4.69, 9.17) is 14.5 Å². The fraction of sp³-hybridized carbons (Fsp3) is 0.370. The van der Waals surface area contributed by atoms with Gasteiger partial charge in [0.05, 0.1) is 19.4 Å². The Balaban J connectivity index is 1.33. The summed E-state index contributed by atoms with van der Waals surface area (Å²) in [6.07, 6.45) is 7.67. The van der Waals surface area contributed by atoms with E-state index in [1.165, 1.54) is 11.3 Å². The van der Waals surface area contributed by atoms with Crippen LogP contribution >= 0.6 is 0 Å². The molecule has 0 atom stereocenters. The Bertz CT molecular complexity index is 1330. The fourth-order valence-corrected chi connectivity index (χ4v) is 4.90. The van der Waals surface area contributed by atoms with Crippen molar-refractivity contribution in [2.24, 2.45) is 0 Å². The van der Waals surface area contributed by atoms with Gasteiger partial charge in [-0.25, -0.2) is 9.97 Å². The average molecular weight is 486 g/mol. The van der Waals surface area contributed by atoms with E-state index in [0.29, 0.717) is 5.95 Å². The Morgan fingerprint density at radius 3 is 2.69 bits per heavy atom. The highest BCUT2D eigenvalue weighted by atomic mass is 16.5. The number of aromatic amines is 1. The molecular formula is C27H31N7O2. The van der Waals surface area contributed by atoms with Crippen LogP contribution in [0, 0.1) is 6.92 Å². The number of aromatic nitrogens is 4. The van der Waals surface area contributed by atoms with Gasteiger partial charge in [0.15, 0.2) is 0 Å². The van der Waals surface area contributed by atoms with Crippen molar-refractivity contribution in [3.05, 3.63) is 54.5 Å². The van der Waals surface area contributed by atoms with Crippen molar-refractivity contribution in [3.63, 3.8) is 0 Å². The van der Waals surface area contributed by atoms with Crippen molar-refractivity contribution in [3.8, 4) is 16.9 Å². The maximum atomic E-state index is 6.52. The molecule has 2 aliphatic rings. The van der Waals surface area contributed by atoms with Crippen LogP contribution in [0.25, 0.3) is 22.0 Å². The molecule has 2 aromatic heterocycles. The molecule has 4 heterocycles. The van der Waals surface area contributed by atoms with E-state index in [-0.39, 0.29) is 6.10 Å². The molecule has 9 heteroatoms. The molecule has 186 valence electrons. The molecule has 0 unspecified atom stereocenters. The molecule has 9 nitrogen and oxygen atoms in total. The van der Waals surface area contributed by atoms with Gasteiger partial charge in [-0.3, -0.25) is 5.10 Å². The smallest absolute Gasteiger partial charge is 0.227 e. The van der Waals surface area contributed by atoms with Gasteiger partial charge in [-0.2, -0.15) is 5.10 Å². The first kappa shape index (κ1) is 22.8. The first-order chi connectivity index (χ1) is 17.7. The maximum Gasteiger partial charge on any atom is 0.227 e. The SMILES string of the molecule is Cc1cc(Nc2ncc3cc(-c4cn[nH]c4)cc(OC4CCNCC4)c3n2)cc(N2CCOCC2)c1. The van der Waals surface area contributed by atoms with Crippen LogP contribution in [0.5, 0.6) is 5.75 Å². The van der Waals surface area contributed by atoms with Crippen LogP contribution in [0.4, 0.5) is 17.3 Å². The van der Waals surface area contributed by atoms with Crippen LogP contribution in [0.15, 0.2) is 48.9 Å². The number of H-pyrrole nitrogens is 1. The molecular weight excluding hydrogens is 454 g/mol. The molecule has 36 heavy (non-hydrogen) atoms. The van der Waals surface area contributed by atoms with Gasteiger partial charge in [-0.1, -0.05) is 0 Å². The standard InChI is InChI=1S/C27H31N7O2/c1-18-10-22(14-23(11-18)34-6-8-35-9-7-34)32-27-29-15-20-12-19(21-16-30-31-17-21)13-25(26(20)33-27)36-24-2-4-28-5-3-24/h10-17,24,28H,2-9H2,1H3,(H,30,31)(H,29,32,33). The molecule has 0 bridgehead atoms. The van der Waals surface area contributed by atoms with Crippen molar-refractivity contribution in [1.82, 2.24) is 25.5 Å². The summed E-state index contributed by atoms with van der Waals surface area (Å²) in [5.74, 6) is 1.33. The van der Waals surface area contributed by atoms with Gasteiger partial charge in [0.2, 0.25) is 5.95 Å². The zero-order valence-corrected chi connectivity index (χ0v) is 20.5. The summed E-state index contributed by atoms with van der Waals surface area (Å²) in [4.78, 5) is 11.9. The minimum absolute atomic E-state index is 0.160. The van der Waals surface area contributed by atoms with Gasteiger partial charge >= 0.3 is 0 Å². The second kappa shape index (κ2) is 10.1. The number of rotatable bonds is 6. The largest absolute Gasteiger partial charge is 0.488 e. The van der Waals surface area contributed by atoms with E-state index in [9.17, 15) is 0 Å². The number of piperidine rings is 1. The van der Waals surface area contributed by atoms with Crippen LogP contribution in [0.3, 0.4) is 0 Å². The Labute approximate surface area is 210 Å². The first-order valence-electron chi connectivity index (χ1n) is 12.6. The Morgan fingerprint density at radius 2 is 1.89 bits per heavy atom. The van der Waals surface area contributed by atoms with Gasteiger partial charge in [-0.15, -0.1) is 0 Å². The second-order valence-electron chi connectivity index (χ2n) is 9.44. The van der Waals surface area contributed by atoms with E-state index in [0.717, 1.165) is 85.7 Å². The average Bonchev–Trinajstić information content (AvgIpc) is 3.45. The molecule has 0 saturated carbocycles. The van der Waals surface area contributed by atoms with Gasteiger partial charge in [-0.05, 0) is 74.3 Å². The minimum atomic E-state index is 0.160. The van der Waals surface area contributed by atoms with Crippen molar-refractivity contribution in [2.75, 3.05) is 49.6 Å². The molecule has 2 aromatic carbocycles. The monoisotopic (exact) mass is 485 g/mol. The predicted molar refractivity (Wildman–Crippen MR) is 141 cm³/mol. The van der Waals surface area contributed by atoms with E-state index in [1.807, 2.05) is 18.6 Å². The summed E-state index contributed by atoms with van der Waals surface area (Å²) in [7, 11) is 0. The molecule has 6 rings (SSSR count). The minimum Gasteiger partial charge on any atom is -0.488 e. The van der Waals surface area contributed by atoms with Crippen LogP contribution < -0.4 is 20.3 Å². The van der Waals surface area contributed by atoms with E-state index in [1.54, 1.807) is 0 Å². The van der Waals surface area contributed by atoms with Crippen LogP contribution in [0.2, 0.25) is 0 Å². The van der Waals surface area contributed by atoms with Gasteiger partial charge in [0.1, 0.15) is 17.4 Å². The summed E-state index contributed by atoms with van der Waals surface area (Å²) in [5.41, 5.74) is 6.16. The van der Waals surface area contributed by atoms with Crippen molar-refractivity contribution >= 4 is 28.2 Å². The van der Waals surface area contributed by atoms with E-state index in [2.05, 4.69) is 68.0 Å². The summed E-state index contributed by atoms with van der Waals surface area (Å²) in [6.45, 7) is 7.34. The number of hydrogen-bond acceptors (Lipinski definition) is 8.